The number of methoxy groups -OCH3 is 2. The Morgan fingerprint density at radius 2 is 1.77 bits per heavy atom. The van der Waals surface area contributed by atoms with Crippen LogP contribution in [-0.2, 0) is 9.53 Å². The Morgan fingerprint density at radius 3 is 2.42 bits per heavy atom. The third-order valence-electron chi connectivity index (χ3n) is 3.35. The summed E-state index contributed by atoms with van der Waals surface area (Å²) in [5, 5.41) is 2.52. The number of hydrogen-bond donors (Lipinski definition) is 1. The minimum Gasteiger partial charge on any atom is -0.494 e. The number of amides is 1. The summed E-state index contributed by atoms with van der Waals surface area (Å²) in [6.07, 6.45) is 2.67. The van der Waals surface area contributed by atoms with Gasteiger partial charge in [-0.3, -0.25) is 4.79 Å². The van der Waals surface area contributed by atoms with E-state index in [-0.39, 0.29) is 23.8 Å². The monoisotopic (exact) mass is 363 g/mol. The van der Waals surface area contributed by atoms with Crippen molar-refractivity contribution < 1.29 is 27.8 Å². The zero-order valence-corrected chi connectivity index (χ0v) is 14.4. The van der Waals surface area contributed by atoms with Gasteiger partial charge in [-0.25, -0.2) is 8.78 Å². The van der Waals surface area contributed by atoms with Crippen molar-refractivity contribution in [2.45, 2.75) is 0 Å². The highest BCUT2D eigenvalue weighted by atomic mass is 19.1. The van der Waals surface area contributed by atoms with Gasteiger partial charge in [0.25, 0.3) is 0 Å². The SMILES string of the molecule is COCCOc1ccc(NC(=O)C=Cc2ccc(OC)c(F)c2)cc1F. The number of halogens is 2. The van der Waals surface area contributed by atoms with Crippen molar-refractivity contribution in [1.82, 2.24) is 0 Å². The third-order valence-corrected chi connectivity index (χ3v) is 3.35. The van der Waals surface area contributed by atoms with Gasteiger partial charge in [-0.1, -0.05) is 6.07 Å². The van der Waals surface area contributed by atoms with Crippen LogP contribution >= 0.6 is 0 Å². The molecule has 2 rings (SSSR count). The van der Waals surface area contributed by atoms with E-state index < -0.39 is 17.5 Å². The van der Waals surface area contributed by atoms with Gasteiger partial charge >= 0.3 is 0 Å². The molecule has 0 unspecified atom stereocenters. The molecule has 0 fully saturated rings. The number of benzene rings is 2. The lowest BCUT2D eigenvalue weighted by Gasteiger charge is -2.08. The highest BCUT2D eigenvalue weighted by Crippen LogP contribution is 2.21. The van der Waals surface area contributed by atoms with Crippen molar-refractivity contribution >= 4 is 17.7 Å². The van der Waals surface area contributed by atoms with E-state index in [4.69, 9.17) is 14.2 Å². The van der Waals surface area contributed by atoms with Crippen molar-refractivity contribution in [2.24, 2.45) is 0 Å². The average Bonchev–Trinajstić information content (AvgIpc) is 2.62. The number of nitrogens with one attached hydrogen (secondary N) is 1. The van der Waals surface area contributed by atoms with Gasteiger partial charge < -0.3 is 19.5 Å². The maximum Gasteiger partial charge on any atom is 0.248 e. The van der Waals surface area contributed by atoms with Crippen molar-refractivity contribution in [2.75, 3.05) is 32.8 Å². The molecule has 0 atom stereocenters. The lowest BCUT2D eigenvalue weighted by molar-refractivity contribution is -0.111. The molecule has 0 spiro atoms. The first-order valence-electron chi connectivity index (χ1n) is 7.77. The van der Waals surface area contributed by atoms with E-state index in [2.05, 4.69) is 5.32 Å². The molecule has 0 heterocycles. The van der Waals surface area contributed by atoms with Crippen molar-refractivity contribution in [3.8, 4) is 11.5 Å². The Bertz CT molecular complexity index is 793. The second-order valence-corrected chi connectivity index (χ2v) is 5.20. The van der Waals surface area contributed by atoms with Crippen LogP contribution in [0.3, 0.4) is 0 Å². The van der Waals surface area contributed by atoms with Gasteiger partial charge in [-0.15, -0.1) is 0 Å². The zero-order valence-electron chi connectivity index (χ0n) is 14.4. The molecular formula is C19H19F2NO4. The summed E-state index contributed by atoms with van der Waals surface area (Å²) in [7, 11) is 2.89. The van der Waals surface area contributed by atoms with Crippen LogP contribution in [0, 0.1) is 11.6 Å². The maximum absolute atomic E-state index is 13.9. The van der Waals surface area contributed by atoms with Crippen molar-refractivity contribution in [3.05, 3.63) is 59.7 Å². The number of hydrogen-bond acceptors (Lipinski definition) is 4. The Hall–Kier alpha value is -2.93. The molecule has 0 saturated heterocycles. The van der Waals surface area contributed by atoms with Crippen LogP contribution in [0.2, 0.25) is 0 Å². The van der Waals surface area contributed by atoms with Gasteiger partial charge in [-0.05, 0) is 35.9 Å². The molecular weight excluding hydrogens is 344 g/mol. The van der Waals surface area contributed by atoms with E-state index in [9.17, 15) is 13.6 Å². The minimum absolute atomic E-state index is 0.0734. The standard InChI is InChI=1S/C19H19F2NO4/c1-24-9-10-26-18-7-5-14(12-16(18)21)22-19(23)8-4-13-3-6-17(25-2)15(20)11-13/h3-8,11-12H,9-10H2,1-2H3,(H,22,23). The summed E-state index contributed by atoms with van der Waals surface area (Å²) in [6.45, 7) is 0.564. The van der Waals surface area contributed by atoms with Gasteiger partial charge in [0.2, 0.25) is 5.91 Å². The van der Waals surface area contributed by atoms with Crippen LogP contribution in [0.25, 0.3) is 6.08 Å². The van der Waals surface area contributed by atoms with E-state index in [1.54, 1.807) is 6.07 Å². The molecule has 0 aliphatic heterocycles. The summed E-state index contributed by atoms with van der Waals surface area (Å²) in [4.78, 5) is 11.9. The van der Waals surface area contributed by atoms with E-state index in [1.807, 2.05) is 0 Å². The zero-order chi connectivity index (χ0) is 18.9. The van der Waals surface area contributed by atoms with Gasteiger partial charge in [0, 0.05) is 24.9 Å². The molecule has 7 heteroatoms. The number of ether oxygens (including phenoxy) is 3. The largest absolute Gasteiger partial charge is 0.494 e. The van der Waals surface area contributed by atoms with E-state index >= 15 is 0 Å². The molecule has 1 N–H and O–H groups in total. The Balaban J connectivity index is 1.96. The summed E-state index contributed by atoms with van der Waals surface area (Å²) < 4.78 is 42.3. The highest BCUT2D eigenvalue weighted by molar-refractivity contribution is 6.01. The number of carbonyl (C=O) groups excluding carboxylic acids is 1. The molecule has 0 radical (unpaired) electrons. The maximum atomic E-state index is 13.9. The molecule has 0 saturated carbocycles. The molecule has 0 aliphatic carbocycles. The fourth-order valence-corrected chi connectivity index (χ4v) is 2.07. The normalized spacial score (nSPS) is 10.8. The molecule has 5 nitrogen and oxygen atoms in total. The van der Waals surface area contributed by atoms with Crippen LogP contribution in [0.1, 0.15) is 5.56 Å². The molecule has 1 amide bonds. The molecule has 0 aliphatic rings. The first kappa shape index (κ1) is 19.4. The van der Waals surface area contributed by atoms with Crippen LogP contribution < -0.4 is 14.8 Å². The molecule has 0 aromatic heterocycles. The molecule has 2 aromatic carbocycles. The first-order chi connectivity index (χ1) is 12.5. The number of anilines is 1. The smallest absolute Gasteiger partial charge is 0.248 e. The fraction of sp³-hybridized carbons (Fsp3) is 0.211. The van der Waals surface area contributed by atoms with Gasteiger partial charge in [-0.2, -0.15) is 0 Å². The minimum atomic E-state index is -0.597. The van der Waals surface area contributed by atoms with E-state index in [0.717, 1.165) is 6.07 Å². The van der Waals surface area contributed by atoms with E-state index in [1.165, 1.54) is 50.6 Å². The molecule has 0 bridgehead atoms. The molecule has 2 aromatic rings. The van der Waals surface area contributed by atoms with Crippen LogP contribution in [-0.4, -0.2) is 33.3 Å². The van der Waals surface area contributed by atoms with Gasteiger partial charge in [0.15, 0.2) is 23.1 Å². The molecule has 26 heavy (non-hydrogen) atoms. The lowest BCUT2D eigenvalue weighted by atomic mass is 10.2. The third kappa shape index (κ3) is 5.56. The number of rotatable bonds is 8. The Morgan fingerprint density at radius 1 is 1.04 bits per heavy atom. The van der Waals surface area contributed by atoms with Gasteiger partial charge in [0.05, 0.1) is 13.7 Å². The fourth-order valence-electron chi connectivity index (χ4n) is 2.07. The lowest BCUT2D eigenvalue weighted by Crippen LogP contribution is -2.09. The Kier molecular flexibility index (Phi) is 7.11. The average molecular weight is 363 g/mol. The summed E-state index contributed by atoms with van der Waals surface area (Å²) in [5.41, 5.74) is 0.767. The van der Waals surface area contributed by atoms with E-state index in [0.29, 0.717) is 12.2 Å². The topological polar surface area (TPSA) is 56.8 Å². The number of carbonyl (C=O) groups is 1. The van der Waals surface area contributed by atoms with Crippen LogP contribution in [0.4, 0.5) is 14.5 Å². The van der Waals surface area contributed by atoms with Crippen molar-refractivity contribution in [1.29, 1.82) is 0 Å². The first-order valence-corrected chi connectivity index (χ1v) is 7.77. The quantitative estimate of drug-likeness (QED) is 0.575. The summed E-state index contributed by atoms with van der Waals surface area (Å²) >= 11 is 0. The Labute approximate surface area is 150 Å². The van der Waals surface area contributed by atoms with Crippen molar-refractivity contribution in [3.63, 3.8) is 0 Å². The summed E-state index contributed by atoms with van der Waals surface area (Å²) in [5.74, 6) is -1.41. The predicted molar refractivity (Wildman–Crippen MR) is 94.4 cm³/mol. The highest BCUT2D eigenvalue weighted by Gasteiger charge is 2.07. The summed E-state index contributed by atoms with van der Waals surface area (Å²) in [6, 6.07) is 8.41. The van der Waals surface area contributed by atoms with Crippen LogP contribution in [0.5, 0.6) is 11.5 Å². The second-order valence-electron chi connectivity index (χ2n) is 5.20. The second kappa shape index (κ2) is 9.53. The predicted octanol–water partition coefficient (Wildman–Crippen LogP) is 3.65. The molecule has 138 valence electrons. The van der Waals surface area contributed by atoms with Gasteiger partial charge in [0.1, 0.15) is 6.61 Å². The van der Waals surface area contributed by atoms with Crippen LogP contribution in [0.15, 0.2) is 42.5 Å².